The molecular weight excluding hydrogens is 309 g/mol. The summed E-state index contributed by atoms with van der Waals surface area (Å²) in [6, 6.07) is 2.64. The van der Waals surface area contributed by atoms with Crippen molar-refractivity contribution in [2.24, 2.45) is 0 Å². The van der Waals surface area contributed by atoms with Crippen LogP contribution in [0.4, 0.5) is 0 Å². The van der Waals surface area contributed by atoms with E-state index in [1.165, 1.54) is 12.1 Å². The maximum Gasteiger partial charge on any atom is 0.170 e. The molecule has 0 amide bonds. The van der Waals surface area contributed by atoms with E-state index in [0.29, 0.717) is 16.6 Å². The lowest BCUT2D eigenvalue weighted by Crippen LogP contribution is -3.00. The molecule has 0 fully saturated rings. The maximum atomic E-state index is 9.52. The third-order valence-electron chi connectivity index (χ3n) is 1.87. The monoisotopic (exact) mass is 325 g/mol. The summed E-state index contributed by atoms with van der Waals surface area (Å²) in [4.78, 5) is 0. The van der Waals surface area contributed by atoms with Gasteiger partial charge in [0.25, 0.3) is 0 Å². The number of nitrogens with zero attached hydrogens (tertiary/aromatic N) is 1. The first-order valence-electron chi connectivity index (χ1n) is 4.34. The number of halogens is 1. The molecule has 0 aliphatic carbocycles. The standard InChI is InChI=1S/C10H15NO3.HI/c1-11(2,3)6-7-8(12)4-5-9(13)10(7)14;/h4-5H,6H2,1-3H3,(H2-,12,13,14);1H. The van der Waals surface area contributed by atoms with Crippen LogP contribution in [0, 0.1) is 0 Å². The van der Waals surface area contributed by atoms with Gasteiger partial charge in [0.2, 0.25) is 0 Å². The van der Waals surface area contributed by atoms with E-state index in [4.69, 9.17) is 0 Å². The minimum atomic E-state index is -0.238. The molecule has 0 aliphatic heterocycles. The van der Waals surface area contributed by atoms with Crippen LogP contribution in [-0.2, 0) is 6.54 Å². The first-order valence-corrected chi connectivity index (χ1v) is 4.34. The van der Waals surface area contributed by atoms with Crippen molar-refractivity contribution in [3.63, 3.8) is 0 Å². The molecule has 5 heteroatoms. The van der Waals surface area contributed by atoms with E-state index in [2.05, 4.69) is 0 Å². The Morgan fingerprint density at radius 3 is 1.93 bits per heavy atom. The third kappa shape index (κ3) is 3.75. The van der Waals surface area contributed by atoms with E-state index in [9.17, 15) is 15.3 Å². The van der Waals surface area contributed by atoms with Gasteiger partial charge in [-0.15, -0.1) is 0 Å². The van der Waals surface area contributed by atoms with Crippen molar-refractivity contribution in [1.82, 2.24) is 0 Å². The summed E-state index contributed by atoms with van der Waals surface area (Å²) < 4.78 is 0.560. The highest BCUT2D eigenvalue weighted by Crippen LogP contribution is 2.36. The summed E-state index contributed by atoms with van der Waals surface area (Å²) in [5.41, 5.74) is 0.373. The van der Waals surface area contributed by atoms with Gasteiger partial charge in [0, 0.05) is 0 Å². The van der Waals surface area contributed by atoms with Crippen LogP contribution in [0.2, 0.25) is 0 Å². The van der Waals surface area contributed by atoms with Crippen LogP contribution in [0.3, 0.4) is 0 Å². The van der Waals surface area contributed by atoms with Gasteiger partial charge in [0.15, 0.2) is 11.5 Å². The molecule has 0 aromatic heterocycles. The molecule has 15 heavy (non-hydrogen) atoms. The number of hydrogen-bond acceptors (Lipinski definition) is 3. The number of quaternary nitrogens is 1. The van der Waals surface area contributed by atoms with Gasteiger partial charge in [0.1, 0.15) is 12.3 Å². The second kappa shape index (κ2) is 4.89. The minimum absolute atomic E-state index is 0. The van der Waals surface area contributed by atoms with Crippen LogP contribution < -0.4 is 24.0 Å². The number of benzene rings is 1. The Labute approximate surface area is 106 Å². The number of rotatable bonds is 2. The molecule has 1 aromatic rings. The summed E-state index contributed by atoms with van der Waals surface area (Å²) in [6.07, 6.45) is 0. The Kier molecular flexibility index (Phi) is 4.66. The molecule has 3 N–H and O–H groups in total. The van der Waals surface area contributed by atoms with Gasteiger partial charge in [0.05, 0.1) is 26.7 Å². The quantitative estimate of drug-likeness (QED) is 0.256. The van der Waals surface area contributed by atoms with Gasteiger partial charge in [-0.3, -0.25) is 0 Å². The SMILES string of the molecule is C[N+](C)(C)Cc1c(O)ccc(O)c1O.[I-]. The lowest BCUT2D eigenvalue weighted by Gasteiger charge is -2.24. The van der Waals surface area contributed by atoms with Gasteiger partial charge < -0.3 is 43.8 Å². The van der Waals surface area contributed by atoms with Crippen LogP contribution in [0.25, 0.3) is 0 Å². The van der Waals surface area contributed by atoms with Crippen molar-refractivity contribution >= 4 is 0 Å². The average Bonchev–Trinajstić information content (AvgIpc) is 2.04. The summed E-state index contributed by atoms with van der Waals surface area (Å²) in [5.74, 6) is -0.433. The lowest BCUT2D eigenvalue weighted by molar-refractivity contribution is -0.884. The topological polar surface area (TPSA) is 60.7 Å². The number of phenolic OH excluding ortho intramolecular Hbond substituents is 3. The third-order valence-corrected chi connectivity index (χ3v) is 1.87. The zero-order valence-electron chi connectivity index (χ0n) is 9.03. The molecule has 0 radical (unpaired) electrons. The second-order valence-electron chi connectivity index (χ2n) is 4.38. The Bertz CT molecular complexity index is 347. The zero-order chi connectivity index (χ0) is 10.9. The summed E-state index contributed by atoms with van der Waals surface area (Å²) in [5, 5.41) is 28.3. The number of hydrogen-bond donors (Lipinski definition) is 3. The molecule has 0 bridgehead atoms. The van der Waals surface area contributed by atoms with Crippen LogP contribution in [0.5, 0.6) is 17.2 Å². The Morgan fingerprint density at radius 2 is 1.47 bits per heavy atom. The van der Waals surface area contributed by atoms with Crippen LogP contribution in [0.1, 0.15) is 5.56 Å². The molecule has 0 saturated carbocycles. The highest BCUT2D eigenvalue weighted by molar-refractivity contribution is 5.51. The van der Waals surface area contributed by atoms with E-state index in [-0.39, 0.29) is 41.2 Å². The maximum absolute atomic E-state index is 9.52. The van der Waals surface area contributed by atoms with E-state index in [1.807, 2.05) is 21.1 Å². The van der Waals surface area contributed by atoms with E-state index in [0.717, 1.165) is 0 Å². The summed E-state index contributed by atoms with van der Waals surface area (Å²) in [7, 11) is 5.80. The van der Waals surface area contributed by atoms with Gasteiger partial charge in [-0.1, -0.05) is 0 Å². The van der Waals surface area contributed by atoms with Crippen LogP contribution >= 0.6 is 0 Å². The normalized spacial score (nSPS) is 10.9. The van der Waals surface area contributed by atoms with Crippen molar-refractivity contribution in [1.29, 1.82) is 0 Å². The molecule has 0 unspecified atom stereocenters. The number of aromatic hydroxyl groups is 3. The Balaban J connectivity index is 0.00000196. The fourth-order valence-corrected chi connectivity index (χ4v) is 1.24. The first-order chi connectivity index (χ1) is 6.31. The molecule has 4 nitrogen and oxygen atoms in total. The molecule has 86 valence electrons. The fourth-order valence-electron chi connectivity index (χ4n) is 1.24. The van der Waals surface area contributed by atoms with Crippen LogP contribution in [0.15, 0.2) is 12.1 Å². The molecular formula is C10H16INO3. The van der Waals surface area contributed by atoms with Crippen molar-refractivity contribution in [3.05, 3.63) is 17.7 Å². The molecule has 0 atom stereocenters. The predicted octanol–water partition coefficient (Wildman–Crippen LogP) is -1.99. The van der Waals surface area contributed by atoms with Crippen molar-refractivity contribution in [2.45, 2.75) is 6.54 Å². The van der Waals surface area contributed by atoms with Crippen molar-refractivity contribution in [3.8, 4) is 17.2 Å². The van der Waals surface area contributed by atoms with Gasteiger partial charge in [-0.25, -0.2) is 0 Å². The Hall–Kier alpha value is -0.690. The van der Waals surface area contributed by atoms with E-state index >= 15 is 0 Å². The fraction of sp³-hybridized carbons (Fsp3) is 0.400. The van der Waals surface area contributed by atoms with Crippen molar-refractivity contribution in [2.75, 3.05) is 21.1 Å². The zero-order valence-corrected chi connectivity index (χ0v) is 11.2. The highest BCUT2D eigenvalue weighted by atomic mass is 127. The molecule has 0 heterocycles. The van der Waals surface area contributed by atoms with Gasteiger partial charge in [-0.05, 0) is 12.1 Å². The molecule has 1 rings (SSSR count). The molecule has 1 aromatic carbocycles. The Morgan fingerprint density at radius 1 is 1.00 bits per heavy atom. The smallest absolute Gasteiger partial charge is 0.170 e. The summed E-state index contributed by atoms with van der Waals surface area (Å²) >= 11 is 0. The second-order valence-corrected chi connectivity index (χ2v) is 4.38. The predicted molar refractivity (Wildman–Crippen MR) is 53.2 cm³/mol. The highest BCUT2D eigenvalue weighted by Gasteiger charge is 2.18. The molecule has 0 saturated heterocycles. The van der Waals surface area contributed by atoms with Crippen molar-refractivity contribution < 1.29 is 43.8 Å². The first kappa shape index (κ1) is 14.3. The van der Waals surface area contributed by atoms with E-state index < -0.39 is 0 Å². The molecule has 0 aliphatic rings. The van der Waals surface area contributed by atoms with Crippen LogP contribution in [-0.4, -0.2) is 40.9 Å². The van der Waals surface area contributed by atoms with Gasteiger partial charge >= 0.3 is 0 Å². The summed E-state index contributed by atoms with van der Waals surface area (Å²) in [6.45, 7) is 0.450. The minimum Gasteiger partial charge on any atom is -1.00 e. The molecule has 0 spiro atoms. The number of phenols is 3. The lowest BCUT2D eigenvalue weighted by atomic mass is 10.1. The largest absolute Gasteiger partial charge is 1.00 e. The average molecular weight is 325 g/mol. The van der Waals surface area contributed by atoms with E-state index in [1.54, 1.807) is 0 Å². The van der Waals surface area contributed by atoms with Gasteiger partial charge in [-0.2, -0.15) is 0 Å².